The van der Waals surface area contributed by atoms with Crippen LogP contribution in [0.15, 0.2) is 17.2 Å². The summed E-state index contributed by atoms with van der Waals surface area (Å²) in [6.45, 7) is 7.69. The van der Waals surface area contributed by atoms with Crippen LogP contribution in [0, 0.1) is 5.92 Å². The highest BCUT2D eigenvalue weighted by Gasteiger charge is 2.21. The van der Waals surface area contributed by atoms with Crippen molar-refractivity contribution in [3.63, 3.8) is 0 Å². The van der Waals surface area contributed by atoms with Crippen molar-refractivity contribution in [3.05, 3.63) is 17.3 Å². The summed E-state index contributed by atoms with van der Waals surface area (Å²) in [6.07, 6.45) is 6.98. The molecule has 0 saturated carbocycles. The molecule has 1 aromatic rings. The quantitative estimate of drug-likeness (QED) is 0.294. The van der Waals surface area contributed by atoms with Crippen molar-refractivity contribution in [2.75, 3.05) is 43.6 Å². The lowest BCUT2D eigenvalue weighted by atomic mass is 10.1. The normalized spacial score (nSPS) is 15.6. The third-order valence-electron chi connectivity index (χ3n) is 4.65. The monoisotopic (exact) mass is 414 g/mol. The Hall–Kier alpha value is -0.980. The van der Waals surface area contributed by atoms with E-state index in [1.165, 1.54) is 12.8 Å². The zero-order valence-electron chi connectivity index (χ0n) is 16.4. The number of hydrogen-bond donors (Lipinski definition) is 0. The second kappa shape index (κ2) is 12.5. The summed E-state index contributed by atoms with van der Waals surface area (Å²) in [5.41, 5.74) is 0. The number of carbonyl (C=O) groups excluding carboxylic acids is 1. The maximum atomic E-state index is 12.3. The number of halogens is 1. The first-order valence-corrected chi connectivity index (χ1v) is 11.3. The Morgan fingerprint density at radius 1 is 1.33 bits per heavy atom. The maximum absolute atomic E-state index is 12.3. The highest BCUT2D eigenvalue weighted by molar-refractivity contribution is 7.99. The topological polar surface area (TPSA) is 51.7 Å². The molecule has 2 heterocycles. The fraction of sp³-hybridized carbons (Fsp3) is 0.700. The van der Waals surface area contributed by atoms with Gasteiger partial charge in [-0.3, -0.25) is 4.79 Å². The van der Waals surface area contributed by atoms with Crippen molar-refractivity contribution < 1.29 is 14.3 Å². The van der Waals surface area contributed by atoms with Gasteiger partial charge in [-0.15, -0.1) is 11.8 Å². The molecule has 7 heteroatoms. The van der Waals surface area contributed by atoms with E-state index in [1.807, 2.05) is 13.0 Å². The second-order valence-electron chi connectivity index (χ2n) is 6.69. The Morgan fingerprint density at radius 3 is 2.81 bits per heavy atom. The lowest BCUT2D eigenvalue weighted by Crippen LogP contribution is -2.37. The van der Waals surface area contributed by atoms with Gasteiger partial charge in [-0.2, -0.15) is 0 Å². The molecule has 1 aliphatic rings. The summed E-state index contributed by atoms with van der Waals surface area (Å²) >= 11 is 8.20. The lowest BCUT2D eigenvalue weighted by molar-refractivity contribution is -0.147. The molecule has 2 rings (SSSR count). The first-order chi connectivity index (χ1) is 13.2. The smallest absolute Gasteiger partial charge is 0.309 e. The molecular formula is C20H31ClN2O3S. The minimum Gasteiger partial charge on any atom is -0.465 e. The molecule has 0 spiro atoms. The molecule has 0 amide bonds. The second-order valence-corrected chi connectivity index (χ2v) is 8.13. The SMILES string of the molecule is CCCCCCOC(=O)C(CC)CSc1ccnc(N2CCOCC2)c1Cl. The van der Waals surface area contributed by atoms with Crippen molar-refractivity contribution in [3.8, 4) is 0 Å². The van der Waals surface area contributed by atoms with Crippen molar-refractivity contribution in [1.82, 2.24) is 4.98 Å². The molecule has 0 radical (unpaired) electrons. The van der Waals surface area contributed by atoms with Gasteiger partial charge in [0.05, 0.1) is 30.8 Å². The number of thioether (sulfide) groups is 1. The van der Waals surface area contributed by atoms with Gasteiger partial charge < -0.3 is 14.4 Å². The van der Waals surface area contributed by atoms with Crippen LogP contribution in [-0.4, -0.2) is 49.6 Å². The van der Waals surface area contributed by atoms with E-state index in [-0.39, 0.29) is 11.9 Å². The van der Waals surface area contributed by atoms with E-state index in [0.717, 1.165) is 43.1 Å². The number of hydrogen-bond acceptors (Lipinski definition) is 6. The molecular weight excluding hydrogens is 384 g/mol. The predicted molar refractivity (Wildman–Crippen MR) is 112 cm³/mol. The number of aromatic nitrogens is 1. The molecule has 1 aromatic heterocycles. The number of esters is 1. The molecule has 5 nitrogen and oxygen atoms in total. The zero-order chi connectivity index (χ0) is 19.5. The van der Waals surface area contributed by atoms with E-state index < -0.39 is 0 Å². The predicted octanol–water partition coefficient (Wildman–Crippen LogP) is 4.81. The largest absolute Gasteiger partial charge is 0.465 e. The maximum Gasteiger partial charge on any atom is 0.309 e. The number of pyridine rings is 1. The lowest BCUT2D eigenvalue weighted by Gasteiger charge is -2.28. The molecule has 1 unspecified atom stereocenters. The summed E-state index contributed by atoms with van der Waals surface area (Å²) in [4.78, 5) is 19.9. The van der Waals surface area contributed by atoms with Crippen LogP contribution < -0.4 is 4.90 Å². The van der Waals surface area contributed by atoms with Gasteiger partial charge in [-0.1, -0.05) is 44.7 Å². The number of morpholine rings is 1. The van der Waals surface area contributed by atoms with Gasteiger partial charge in [0, 0.05) is 29.9 Å². The van der Waals surface area contributed by atoms with Crippen LogP contribution in [0.5, 0.6) is 0 Å². The third-order valence-corrected chi connectivity index (χ3v) is 6.36. The van der Waals surface area contributed by atoms with Gasteiger partial charge in [-0.05, 0) is 18.9 Å². The average molecular weight is 415 g/mol. The van der Waals surface area contributed by atoms with Gasteiger partial charge in [0.15, 0.2) is 0 Å². The van der Waals surface area contributed by atoms with Crippen LogP contribution in [0.3, 0.4) is 0 Å². The number of nitrogens with zero attached hydrogens (tertiary/aromatic N) is 2. The fourth-order valence-corrected chi connectivity index (χ4v) is 4.41. The van der Waals surface area contributed by atoms with Gasteiger partial charge >= 0.3 is 5.97 Å². The average Bonchev–Trinajstić information content (AvgIpc) is 2.70. The Kier molecular flexibility index (Phi) is 10.3. The summed E-state index contributed by atoms with van der Waals surface area (Å²) in [5, 5.41) is 0.659. The van der Waals surface area contributed by atoms with Crippen molar-refractivity contribution in [2.24, 2.45) is 5.92 Å². The molecule has 1 atom stereocenters. The van der Waals surface area contributed by atoms with Gasteiger partial charge in [0.25, 0.3) is 0 Å². The summed E-state index contributed by atoms with van der Waals surface area (Å²) in [5.74, 6) is 1.25. The number of carbonyl (C=O) groups is 1. The van der Waals surface area contributed by atoms with E-state index in [9.17, 15) is 4.79 Å². The van der Waals surface area contributed by atoms with Crippen LogP contribution in [-0.2, 0) is 14.3 Å². The fourth-order valence-electron chi connectivity index (χ4n) is 2.89. The first-order valence-electron chi connectivity index (χ1n) is 9.94. The van der Waals surface area contributed by atoms with Crippen molar-refractivity contribution in [2.45, 2.75) is 50.8 Å². The van der Waals surface area contributed by atoms with Crippen molar-refractivity contribution >= 4 is 35.1 Å². The van der Waals surface area contributed by atoms with Crippen LogP contribution in [0.25, 0.3) is 0 Å². The number of ether oxygens (including phenoxy) is 2. The minimum atomic E-state index is -0.114. The number of unbranched alkanes of at least 4 members (excludes halogenated alkanes) is 3. The number of rotatable bonds is 11. The molecule has 0 bridgehead atoms. The van der Waals surface area contributed by atoms with Gasteiger partial charge in [0.1, 0.15) is 5.82 Å². The third kappa shape index (κ3) is 7.16. The Labute approximate surface area is 172 Å². The Bertz CT molecular complexity index is 582. The number of anilines is 1. The highest BCUT2D eigenvalue weighted by Crippen LogP contribution is 2.35. The van der Waals surface area contributed by atoms with Crippen LogP contribution in [0.4, 0.5) is 5.82 Å². The Balaban J connectivity index is 1.87. The van der Waals surface area contributed by atoms with E-state index in [2.05, 4.69) is 16.8 Å². The molecule has 0 N–H and O–H groups in total. The summed E-state index contributed by atoms with van der Waals surface area (Å²) in [6, 6.07) is 1.92. The molecule has 152 valence electrons. The molecule has 27 heavy (non-hydrogen) atoms. The molecule has 1 aliphatic heterocycles. The van der Waals surface area contributed by atoms with E-state index >= 15 is 0 Å². The Morgan fingerprint density at radius 2 is 2.11 bits per heavy atom. The van der Waals surface area contributed by atoms with Crippen molar-refractivity contribution in [1.29, 1.82) is 0 Å². The molecule has 0 aliphatic carbocycles. The van der Waals surface area contributed by atoms with Gasteiger partial charge in [-0.25, -0.2) is 4.98 Å². The summed E-state index contributed by atoms with van der Waals surface area (Å²) < 4.78 is 10.9. The molecule has 1 fully saturated rings. The van der Waals surface area contributed by atoms with Crippen LogP contribution >= 0.6 is 23.4 Å². The first kappa shape index (κ1) is 22.3. The van der Waals surface area contributed by atoms with Crippen LogP contribution in [0.2, 0.25) is 5.02 Å². The van der Waals surface area contributed by atoms with Gasteiger partial charge in [0.2, 0.25) is 0 Å². The standard InChI is InChI=1S/C20H31ClN2O3S/c1-3-5-6-7-12-26-20(24)16(4-2)15-27-17-8-9-22-19(18(17)21)23-10-13-25-14-11-23/h8-9,16H,3-7,10-15H2,1-2H3. The molecule has 1 saturated heterocycles. The zero-order valence-corrected chi connectivity index (χ0v) is 18.0. The summed E-state index contributed by atoms with van der Waals surface area (Å²) in [7, 11) is 0. The van der Waals surface area contributed by atoms with E-state index in [0.29, 0.717) is 30.6 Å². The molecule has 0 aromatic carbocycles. The highest BCUT2D eigenvalue weighted by atomic mass is 35.5. The van der Waals surface area contributed by atoms with E-state index in [1.54, 1.807) is 18.0 Å². The van der Waals surface area contributed by atoms with Crippen LogP contribution in [0.1, 0.15) is 46.0 Å². The minimum absolute atomic E-state index is 0.0971. The van der Waals surface area contributed by atoms with E-state index in [4.69, 9.17) is 21.1 Å².